The first-order valence-electron chi connectivity index (χ1n) is 6.21. The van der Waals surface area contributed by atoms with E-state index in [2.05, 4.69) is 12.2 Å². The number of hydrogen-bond acceptors (Lipinski definition) is 4. The van der Waals surface area contributed by atoms with Crippen LogP contribution in [0.15, 0.2) is 18.2 Å². The van der Waals surface area contributed by atoms with Crippen LogP contribution in [0.25, 0.3) is 0 Å². The van der Waals surface area contributed by atoms with Crippen molar-refractivity contribution in [3.8, 4) is 11.5 Å². The average Bonchev–Trinajstić information content (AvgIpc) is 2.37. The molecule has 4 heteroatoms. The Morgan fingerprint density at radius 1 is 1.22 bits per heavy atom. The number of nitrogens with one attached hydrogen (secondary N) is 1. The predicted molar refractivity (Wildman–Crippen MR) is 72.3 cm³/mol. The van der Waals surface area contributed by atoms with Gasteiger partial charge in [-0.05, 0) is 45.0 Å². The zero-order valence-corrected chi connectivity index (χ0v) is 11.6. The molecule has 2 atom stereocenters. The lowest BCUT2D eigenvalue weighted by molar-refractivity contribution is 0.182. The largest absolute Gasteiger partial charge is 0.497 e. The molecule has 0 spiro atoms. The highest BCUT2D eigenvalue weighted by Crippen LogP contribution is 2.29. The zero-order chi connectivity index (χ0) is 13.5. The van der Waals surface area contributed by atoms with E-state index in [1.165, 1.54) is 0 Å². The molecule has 2 unspecified atom stereocenters. The molecule has 2 N–H and O–H groups in total. The summed E-state index contributed by atoms with van der Waals surface area (Å²) < 4.78 is 10.6. The first-order chi connectivity index (χ1) is 8.58. The molecular weight excluding hydrogens is 230 g/mol. The van der Waals surface area contributed by atoms with Gasteiger partial charge >= 0.3 is 0 Å². The number of hydrogen-bond donors (Lipinski definition) is 2. The Morgan fingerprint density at radius 2 is 1.94 bits per heavy atom. The highest BCUT2D eigenvalue weighted by molar-refractivity contribution is 5.42. The molecule has 4 nitrogen and oxygen atoms in total. The predicted octanol–water partition coefficient (Wildman–Crippen LogP) is 2.13. The molecule has 0 aliphatic heterocycles. The molecule has 1 rings (SSSR count). The second kappa shape index (κ2) is 7.24. The summed E-state index contributed by atoms with van der Waals surface area (Å²) in [5.74, 6) is 1.66. The molecule has 0 fully saturated rings. The molecule has 0 bridgehead atoms. The van der Waals surface area contributed by atoms with Crippen molar-refractivity contribution >= 4 is 0 Å². The van der Waals surface area contributed by atoms with E-state index in [0.29, 0.717) is 0 Å². The van der Waals surface area contributed by atoms with E-state index in [1.807, 2.05) is 18.2 Å². The Morgan fingerprint density at radius 3 is 2.50 bits per heavy atom. The fraction of sp³-hybridized carbons (Fsp3) is 0.571. The van der Waals surface area contributed by atoms with E-state index in [9.17, 15) is 5.11 Å². The molecule has 18 heavy (non-hydrogen) atoms. The normalized spacial score (nSPS) is 14.1. The van der Waals surface area contributed by atoms with Crippen molar-refractivity contribution in [1.82, 2.24) is 5.32 Å². The van der Waals surface area contributed by atoms with Crippen LogP contribution < -0.4 is 14.8 Å². The zero-order valence-electron chi connectivity index (χ0n) is 11.6. The Bertz CT molecular complexity index is 366. The van der Waals surface area contributed by atoms with Crippen LogP contribution in [0.1, 0.15) is 31.9 Å². The Hall–Kier alpha value is -1.26. The van der Waals surface area contributed by atoms with E-state index in [1.54, 1.807) is 21.1 Å². The highest BCUT2D eigenvalue weighted by Gasteiger charge is 2.12. The molecule has 0 saturated carbocycles. The van der Waals surface area contributed by atoms with Crippen molar-refractivity contribution in [3.63, 3.8) is 0 Å². The van der Waals surface area contributed by atoms with Crippen molar-refractivity contribution in [3.05, 3.63) is 23.8 Å². The summed E-state index contributed by atoms with van der Waals surface area (Å²) in [6.45, 7) is 4.62. The summed E-state index contributed by atoms with van der Waals surface area (Å²) in [7, 11) is 3.31. The van der Waals surface area contributed by atoms with Crippen LogP contribution in [0.3, 0.4) is 0 Å². The lowest BCUT2D eigenvalue weighted by atomic mass is 10.1. The second-order valence-corrected chi connectivity index (χ2v) is 4.42. The number of aliphatic hydroxyl groups excluding tert-OH is 1. The van der Waals surface area contributed by atoms with E-state index >= 15 is 0 Å². The number of aliphatic hydroxyl groups is 1. The van der Waals surface area contributed by atoms with Gasteiger partial charge in [-0.2, -0.15) is 0 Å². The molecule has 0 radical (unpaired) electrons. The van der Waals surface area contributed by atoms with Crippen LogP contribution in [0, 0.1) is 0 Å². The standard InChI is InChI=1S/C14H23NO3/c1-10(16)7-8-15-11(2)13-9-12(17-3)5-6-14(13)18-4/h5-6,9-11,15-16H,7-8H2,1-4H3. The minimum atomic E-state index is -0.281. The molecule has 0 aromatic heterocycles. The number of rotatable bonds is 7. The van der Waals surface area contributed by atoms with E-state index < -0.39 is 0 Å². The third-order valence-corrected chi connectivity index (χ3v) is 2.92. The average molecular weight is 253 g/mol. The molecular formula is C14H23NO3. The minimum absolute atomic E-state index is 0.147. The van der Waals surface area contributed by atoms with Gasteiger partial charge in [0.15, 0.2) is 0 Å². The first-order valence-corrected chi connectivity index (χ1v) is 6.21. The Labute approximate surface area is 109 Å². The van der Waals surface area contributed by atoms with Crippen molar-refractivity contribution in [1.29, 1.82) is 0 Å². The van der Waals surface area contributed by atoms with Crippen LogP contribution in [0.2, 0.25) is 0 Å². The molecule has 102 valence electrons. The van der Waals surface area contributed by atoms with Crippen LogP contribution in [0.5, 0.6) is 11.5 Å². The fourth-order valence-electron chi connectivity index (χ4n) is 1.80. The lowest BCUT2D eigenvalue weighted by Crippen LogP contribution is -2.23. The molecule has 0 aliphatic carbocycles. The van der Waals surface area contributed by atoms with Gasteiger partial charge in [-0.3, -0.25) is 0 Å². The highest BCUT2D eigenvalue weighted by atomic mass is 16.5. The van der Waals surface area contributed by atoms with Crippen molar-refractivity contribution in [2.24, 2.45) is 0 Å². The summed E-state index contributed by atoms with van der Waals surface area (Å²) in [5, 5.41) is 12.6. The van der Waals surface area contributed by atoms with Crippen LogP contribution in [-0.2, 0) is 0 Å². The number of ether oxygens (including phenoxy) is 2. The molecule has 1 aromatic carbocycles. The van der Waals surface area contributed by atoms with Gasteiger partial charge in [-0.1, -0.05) is 0 Å². The summed E-state index contributed by atoms with van der Waals surface area (Å²) in [6.07, 6.45) is 0.452. The smallest absolute Gasteiger partial charge is 0.123 e. The quantitative estimate of drug-likeness (QED) is 0.781. The van der Waals surface area contributed by atoms with E-state index in [0.717, 1.165) is 30.0 Å². The number of methoxy groups -OCH3 is 2. The minimum Gasteiger partial charge on any atom is -0.497 e. The van der Waals surface area contributed by atoms with Crippen LogP contribution in [-0.4, -0.2) is 32.0 Å². The van der Waals surface area contributed by atoms with Gasteiger partial charge in [0.25, 0.3) is 0 Å². The number of benzene rings is 1. The van der Waals surface area contributed by atoms with Crippen LogP contribution >= 0.6 is 0 Å². The summed E-state index contributed by atoms with van der Waals surface area (Å²) in [4.78, 5) is 0. The van der Waals surface area contributed by atoms with Gasteiger partial charge in [0.1, 0.15) is 11.5 Å². The van der Waals surface area contributed by atoms with Gasteiger partial charge in [0.05, 0.1) is 20.3 Å². The maximum Gasteiger partial charge on any atom is 0.123 e. The summed E-state index contributed by atoms with van der Waals surface area (Å²) in [5.41, 5.74) is 1.06. The van der Waals surface area contributed by atoms with Gasteiger partial charge in [0, 0.05) is 11.6 Å². The summed E-state index contributed by atoms with van der Waals surface area (Å²) in [6, 6.07) is 5.90. The maximum atomic E-state index is 9.23. The summed E-state index contributed by atoms with van der Waals surface area (Å²) >= 11 is 0. The third kappa shape index (κ3) is 4.20. The van der Waals surface area contributed by atoms with E-state index in [4.69, 9.17) is 9.47 Å². The monoisotopic (exact) mass is 253 g/mol. The molecule has 1 aromatic rings. The van der Waals surface area contributed by atoms with Gasteiger partial charge in [-0.25, -0.2) is 0 Å². The topological polar surface area (TPSA) is 50.7 Å². The third-order valence-electron chi connectivity index (χ3n) is 2.92. The molecule has 0 heterocycles. The SMILES string of the molecule is COc1ccc(OC)c(C(C)NCCC(C)O)c1. The van der Waals surface area contributed by atoms with Gasteiger partial charge in [-0.15, -0.1) is 0 Å². The maximum absolute atomic E-state index is 9.23. The fourth-order valence-corrected chi connectivity index (χ4v) is 1.80. The second-order valence-electron chi connectivity index (χ2n) is 4.42. The van der Waals surface area contributed by atoms with Crippen molar-refractivity contribution < 1.29 is 14.6 Å². The van der Waals surface area contributed by atoms with Crippen molar-refractivity contribution in [2.75, 3.05) is 20.8 Å². The Kier molecular flexibility index (Phi) is 5.95. The van der Waals surface area contributed by atoms with Gasteiger partial charge < -0.3 is 19.9 Å². The lowest BCUT2D eigenvalue weighted by Gasteiger charge is -2.18. The van der Waals surface area contributed by atoms with Crippen molar-refractivity contribution in [2.45, 2.75) is 32.4 Å². The molecule has 0 saturated heterocycles. The molecule has 0 amide bonds. The Balaban J connectivity index is 2.72. The first kappa shape index (κ1) is 14.8. The van der Waals surface area contributed by atoms with Crippen LogP contribution in [0.4, 0.5) is 0 Å². The molecule has 0 aliphatic rings. The van der Waals surface area contributed by atoms with E-state index in [-0.39, 0.29) is 12.1 Å². The van der Waals surface area contributed by atoms with Gasteiger partial charge in [0.2, 0.25) is 0 Å².